The first-order valence-corrected chi connectivity index (χ1v) is 12.0. The molecule has 2 aromatic carbocycles. The molecule has 170 valence electrons. The van der Waals surface area contributed by atoms with Crippen LogP contribution in [0.1, 0.15) is 47.7 Å². The van der Waals surface area contributed by atoms with Gasteiger partial charge in [0.25, 0.3) is 5.91 Å². The number of sulfonamides is 1. The molecule has 8 heteroatoms. The minimum atomic E-state index is -3.63. The van der Waals surface area contributed by atoms with E-state index in [-0.39, 0.29) is 29.3 Å². The van der Waals surface area contributed by atoms with Gasteiger partial charge in [-0.05, 0) is 87.5 Å². The largest absolute Gasteiger partial charge is 0.322 e. The van der Waals surface area contributed by atoms with Crippen LogP contribution < -0.4 is 15.4 Å². The number of benzene rings is 2. The number of hydrogen-bond acceptors (Lipinski definition) is 4. The number of nitrogens with one attached hydrogen (secondary N) is 3. The van der Waals surface area contributed by atoms with Crippen molar-refractivity contribution in [2.75, 3.05) is 18.4 Å². The van der Waals surface area contributed by atoms with Gasteiger partial charge in [0.05, 0.1) is 4.90 Å². The van der Waals surface area contributed by atoms with E-state index in [1.54, 1.807) is 31.2 Å². The quantitative estimate of drug-likeness (QED) is 0.576. The molecule has 0 aliphatic carbocycles. The summed E-state index contributed by atoms with van der Waals surface area (Å²) < 4.78 is 28.9. The number of halogens is 1. The summed E-state index contributed by atoms with van der Waals surface area (Å²) in [6, 6.07) is 12.1. The van der Waals surface area contributed by atoms with Crippen LogP contribution in [0.4, 0.5) is 5.69 Å². The summed E-state index contributed by atoms with van der Waals surface area (Å²) in [6.07, 6.45) is 2.71. The molecule has 0 aromatic heterocycles. The van der Waals surface area contributed by atoms with E-state index in [4.69, 9.17) is 0 Å². The van der Waals surface area contributed by atoms with Gasteiger partial charge in [-0.25, -0.2) is 13.1 Å². The second-order valence-corrected chi connectivity index (χ2v) is 9.68. The Morgan fingerprint density at radius 3 is 2.39 bits per heavy atom. The molecule has 0 saturated carbocycles. The normalized spacial score (nSPS) is 15.7. The van der Waals surface area contributed by atoms with Crippen LogP contribution in [0.3, 0.4) is 0 Å². The Labute approximate surface area is 191 Å². The molecule has 1 aliphatic rings. The summed E-state index contributed by atoms with van der Waals surface area (Å²) in [5.74, 6) is 0.140. The first-order valence-electron chi connectivity index (χ1n) is 10.5. The number of carbonyl (C=O) groups excluding carboxylic acids is 1. The van der Waals surface area contributed by atoms with Gasteiger partial charge in [0.1, 0.15) is 0 Å². The summed E-state index contributed by atoms with van der Waals surface area (Å²) in [6.45, 7) is 7.56. The zero-order valence-corrected chi connectivity index (χ0v) is 19.9. The molecule has 1 fully saturated rings. The molecule has 1 aliphatic heterocycles. The standard InChI is InChI=1S/C23H31N3O3S.ClH/c1-4-21(18-11-13-24-14-12-18)26-30(28,29)19-9-10-22(17(3)15-19)25-23(27)20-8-6-5-7-16(20)2;/h5-10,15,18,21,24,26H,4,11-14H2,1-3H3,(H,25,27);1H. The van der Waals surface area contributed by atoms with Crippen molar-refractivity contribution in [2.45, 2.75) is 51.0 Å². The third kappa shape index (κ3) is 6.29. The first-order chi connectivity index (χ1) is 14.3. The molecule has 2 aromatic rings. The van der Waals surface area contributed by atoms with E-state index in [2.05, 4.69) is 15.4 Å². The van der Waals surface area contributed by atoms with Crippen LogP contribution >= 0.6 is 12.4 Å². The van der Waals surface area contributed by atoms with E-state index < -0.39 is 10.0 Å². The molecule has 1 amide bonds. The predicted octanol–water partition coefficient (Wildman–Crippen LogP) is 4.03. The maximum Gasteiger partial charge on any atom is 0.255 e. The number of hydrogen-bond donors (Lipinski definition) is 3. The Morgan fingerprint density at radius 2 is 1.77 bits per heavy atom. The maximum atomic E-state index is 13.0. The minimum Gasteiger partial charge on any atom is -0.322 e. The van der Waals surface area contributed by atoms with Crippen molar-refractivity contribution < 1.29 is 13.2 Å². The lowest BCUT2D eigenvalue weighted by Crippen LogP contribution is -2.44. The van der Waals surface area contributed by atoms with Gasteiger partial charge >= 0.3 is 0 Å². The first kappa shape index (κ1) is 25.3. The fourth-order valence-electron chi connectivity index (χ4n) is 3.99. The Morgan fingerprint density at radius 1 is 1.10 bits per heavy atom. The van der Waals surface area contributed by atoms with Gasteiger partial charge in [-0.15, -0.1) is 12.4 Å². The third-order valence-corrected chi connectivity index (χ3v) is 7.33. The highest BCUT2D eigenvalue weighted by Crippen LogP contribution is 2.24. The van der Waals surface area contributed by atoms with E-state index in [1.807, 2.05) is 32.0 Å². The zero-order valence-electron chi connectivity index (χ0n) is 18.3. The van der Waals surface area contributed by atoms with Crippen molar-refractivity contribution >= 4 is 34.0 Å². The highest BCUT2D eigenvalue weighted by molar-refractivity contribution is 7.89. The monoisotopic (exact) mass is 465 g/mol. The molecule has 0 radical (unpaired) electrons. The van der Waals surface area contributed by atoms with E-state index in [1.165, 1.54) is 0 Å². The molecule has 3 rings (SSSR count). The Balaban J connectivity index is 0.00000341. The average molecular weight is 466 g/mol. The van der Waals surface area contributed by atoms with E-state index >= 15 is 0 Å². The van der Waals surface area contributed by atoms with Crippen molar-refractivity contribution in [3.63, 3.8) is 0 Å². The fourth-order valence-corrected chi connectivity index (χ4v) is 5.46. The number of rotatable bonds is 7. The van der Waals surface area contributed by atoms with Crippen molar-refractivity contribution in [1.82, 2.24) is 10.0 Å². The predicted molar refractivity (Wildman–Crippen MR) is 128 cm³/mol. The van der Waals surface area contributed by atoms with Crippen LogP contribution in [0.15, 0.2) is 47.4 Å². The molecule has 6 nitrogen and oxygen atoms in total. The maximum absolute atomic E-state index is 13.0. The molecule has 1 heterocycles. The van der Waals surface area contributed by atoms with Gasteiger partial charge in [0, 0.05) is 17.3 Å². The van der Waals surface area contributed by atoms with Crippen molar-refractivity contribution in [3.05, 3.63) is 59.2 Å². The smallest absolute Gasteiger partial charge is 0.255 e. The molecular weight excluding hydrogens is 434 g/mol. The Bertz CT molecular complexity index is 1000. The molecule has 0 spiro atoms. The Kier molecular flexibility index (Phi) is 9.06. The highest BCUT2D eigenvalue weighted by Gasteiger charge is 2.27. The van der Waals surface area contributed by atoms with Gasteiger partial charge in [0.2, 0.25) is 10.0 Å². The highest BCUT2D eigenvalue weighted by atomic mass is 35.5. The van der Waals surface area contributed by atoms with Crippen LogP contribution in [0.25, 0.3) is 0 Å². The number of carbonyl (C=O) groups is 1. The third-order valence-electron chi connectivity index (χ3n) is 5.85. The molecule has 1 atom stereocenters. The molecule has 1 saturated heterocycles. The summed E-state index contributed by atoms with van der Waals surface area (Å²) in [4.78, 5) is 12.8. The van der Waals surface area contributed by atoms with Crippen molar-refractivity contribution in [1.29, 1.82) is 0 Å². The fraction of sp³-hybridized carbons (Fsp3) is 0.435. The van der Waals surface area contributed by atoms with E-state index in [0.29, 0.717) is 22.7 Å². The summed E-state index contributed by atoms with van der Waals surface area (Å²) in [7, 11) is -3.63. The topological polar surface area (TPSA) is 87.3 Å². The minimum absolute atomic E-state index is 0. The number of amides is 1. The second-order valence-electron chi connectivity index (χ2n) is 7.97. The molecule has 3 N–H and O–H groups in total. The number of anilines is 1. The summed E-state index contributed by atoms with van der Waals surface area (Å²) in [5, 5.41) is 6.21. The molecular formula is C23H32ClN3O3S. The van der Waals surface area contributed by atoms with Gasteiger partial charge < -0.3 is 10.6 Å². The summed E-state index contributed by atoms with van der Waals surface area (Å²) in [5.41, 5.74) is 2.80. The number of piperidine rings is 1. The lowest BCUT2D eigenvalue weighted by Gasteiger charge is -2.30. The van der Waals surface area contributed by atoms with Gasteiger partial charge in [-0.2, -0.15) is 0 Å². The average Bonchev–Trinajstić information content (AvgIpc) is 2.74. The molecule has 1 unspecified atom stereocenters. The van der Waals surface area contributed by atoms with E-state index in [0.717, 1.165) is 37.9 Å². The second kappa shape index (κ2) is 11.1. The number of aryl methyl sites for hydroxylation is 2. The van der Waals surface area contributed by atoms with Crippen LogP contribution in [0.5, 0.6) is 0 Å². The SMILES string of the molecule is CCC(NS(=O)(=O)c1ccc(NC(=O)c2ccccc2C)c(C)c1)C1CCNCC1.Cl. The van der Waals surface area contributed by atoms with Crippen molar-refractivity contribution in [3.8, 4) is 0 Å². The van der Waals surface area contributed by atoms with Crippen LogP contribution in [0.2, 0.25) is 0 Å². The zero-order chi connectivity index (χ0) is 21.7. The molecule has 0 bridgehead atoms. The summed E-state index contributed by atoms with van der Waals surface area (Å²) >= 11 is 0. The van der Waals surface area contributed by atoms with Crippen LogP contribution in [-0.2, 0) is 10.0 Å². The van der Waals surface area contributed by atoms with Crippen LogP contribution in [-0.4, -0.2) is 33.5 Å². The van der Waals surface area contributed by atoms with Gasteiger partial charge in [0.15, 0.2) is 0 Å². The Hall–Kier alpha value is -1.93. The van der Waals surface area contributed by atoms with Gasteiger partial charge in [-0.3, -0.25) is 4.79 Å². The van der Waals surface area contributed by atoms with Crippen molar-refractivity contribution in [2.24, 2.45) is 5.92 Å². The lowest BCUT2D eigenvalue weighted by molar-refractivity contribution is 0.102. The lowest BCUT2D eigenvalue weighted by atomic mass is 9.89. The van der Waals surface area contributed by atoms with Crippen LogP contribution in [0, 0.1) is 19.8 Å². The molecule has 31 heavy (non-hydrogen) atoms. The van der Waals surface area contributed by atoms with E-state index in [9.17, 15) is 13.2 Å². The van der Waals surface area contributed by atoms with Gasteiger partial charge in [-0.1, -0.05) is 25.1 Å².